The van der Waals surface area contributed by atoms with Crippen LogP contribution in [0.5, 0.6) is 0 Å². The average molecular weight is 490 g/mol. The summed E-state index contributed by atoms with van der Waals surface area (Å²) in [6.45, 7) is 0.731. The van der Waals surface area contributed by atoms with Gasteiger partial charge in [-0.2, -0.15) is 5.10 Å². The minimum absolute atomic E-state index is 0.0840. The fourth-order valence-electron chi connectivity index (χ4n) is 4.44. The molecule has 10 nitrogen and oxygen atoms in total. The van der Waals surface area contributed by atoms with E-state index in [0.717, 1.165) is 47.7 Å². The molecule has 0 aliphatic carbocycles. The molecule has 35 heavy (non-hydrogen) atoms. The molecule has 2 aromatic carbocycles. The number of aromatic nitrogens is 5. The van der Waals surface area contributed by atoms with Gasteiger partial charge < -0.3 is 10.1 Å². The van der Waals surface area contributed by atoms with Crippen molar-refractivity contribution in [3.63, 3.8) is 0 Å². The molecule has 0 amide bonds. The van der Waals surface area contributed by atoms with Crippen LogP contribution in [0.25, 0.3) is 27.5 Å². The maximum absolute atomic E-state index is 11.2. The van der Waals surface area contributed by atoms with Crippen molar-refractivity contribution in [3.8, 4) is 5.69 Å². The number of benzene rings is 2. The minimum atomic E-state index is -0.477. The number of fused-ring (bicyclic) bond motifs is 2. The number of rotatable bonds is 5. The molecule has 1 unspecified atom stereocenters. The largest absolute Gasteiger partial charge is 0.356 e. The SMILES string of the molecule is O=[N+]([O-])c1cncc(-n2nc(Nc3ccc4c(cnn4C4CCCCO4)c3Cl)c3ccccc32)c1. The van der Waals surface area contributed by atoms with Crippen molar-refractivity contribution in [1.82, 2.24) is 24.5 Å². The standard InChI is InChI=1S/C24H20ClN7O3/c25-23-18-14-27-31(22-7-3-4-10-35-22)21(18)9-8-19(23)28-24-17-5-1-2-6-20(17)30(29-24)15-11-16(32(33)34)13-26-12-15/h1-2,5-6,8-9,11-14,22H,3-4,7,10H2,(H,28,29). The van der Waals surface area contributed by atoms with Gasteiger partial charge in [0.25, 0.3) is 5.69 Å². The predicted molar refractivity (Wildman–Crippen MR) is 132 cm³/mol. The van der Waals surface area contributed by atoms with Crippen LogP contribution >= 0.6 is 11.6 Å². The summed E-state index contributed by atoms with van der Waals surface area (Å²) in [5.74, 6) is 0.566. The zero-order valence-corrected chi connectivity index (χ0v) is 19.2. The zero-order valence-electron chi connectivity index (χ0n) is 18.5. The van der Waals surface area contributed by atoms with Crippen LogP contribution in [0.2, 0.25) is 5.02 Å². The number of anilines is 2. The molecule has 1 N–H and O–H groups in total. The summed E-state index contributed by atoms with van der Waals surface area (Å²) in [6, 6.07) is 12.9. The highest BCUT2D eigenvalue weighted by molar-refractivity contribution is 6.38. The van der Waals surface area contributed by atoms with Crippen molar-refractivity contribution in [2.45, 2.75) is 25.5 Å². The van der Waals surface area contributed by atoms with Gasteiger partial charge >= 0.3 is 0 Å². The number of halogens is 1. The molecule has 6 rings (SSSR count). The van der Waals surface area contributed by atoms with Crippen LogP contribution in [0.3, 0.4) is 0 Å². The minimum Gasteiger partial charge on any atom is -0.356 e. The van der Waals surface area contributed by atoms with Gasteiger partial charge in [-0.25, -0.2) is 9.36 Å². The van der Waals surface area contributed by atoms with Crippen LogP contribution in [0, 0.1) is 10.1 Å². The molecule has 1 aliphatic rings. The molecule has 5 aromatic rings. The Morgan fingerprint density at radius 1 is 1.09 bits per heavy atom. The summed E-state index contributed by atoms with van der Waals surface area (Å²) >= 11 is 6.80. The monoisotopic (exact) mass is 489 g/mol. The molecular weight excluding hydrogens is 470 g/mol. The first kappa shape index (κ1) is 21.5. The first-order valence-corrected chi connectivity index (χ1v) is 11.6. The molecule has 0 spiro atoms. The second-order valence-corrected chi connectivity index (χ2v) is 8.71. The Balaban J connectivity index is 1.40. The second-order valence-electron chi connectivity index (χ2n) is 8.33. The number of nitrogens with one attached hydrogen (secondary N) is 1. The van der Waals surface area contributed by atoms with Gasteiger partial charge in [0.05, 0.1) is 44.7 Å². The molecule has 1 atom stereocenters. The fraction of sp³-hybridized carbons (Fsp3) is 0.208. The lowest BCUT2D eigenvalue weighted by Crippen LogP contribution is -2.18. The van der Waals surface area contributed by atoms with Gasteiger partial charge in [-0.15, -0.1) is 5.10 Å². The molecule has 1 fully saturated rings. The maximum atomic E-state index is 11.2. The van der Waals surface area contributed by atoms with Crippen LogP contribution in [0.1, 0.15) is 25.5 Å². The van der Waals surface area contributed by atoms with Crippen LogP contribution in [0.4, 0.5) is 17.2 Å². The first-order valence-electron chi connectivity index (χ1n) is 11.2. The summed E-state index contributed by atoms with van der Waals surface area (Å²) in [4.78, 5) is 14.8. The summed E-state index contributed by atoms with van der Waals surface area (Å²) < 4.78 is 9.41. The Hall–Kier alpha value is -4.02. The van der Waals surface area contributed by atoms with E-state index in [2.05, 4.69) is 15.4 Å². The van der Waals surface area contributed by atoms with Gasteiger partial charge in [0.2, 0.25) is 0 Å². The average Bonchev–Trinajstić information content (AvgIpc) is 3.49. The van der Waals surface area contributed by atoms with E-state index >= 15 is 0 Å². The number of nitrogens with zero attached hydrogens (tertiary/aromatic N) is 6. The van der Waals surface area contributed by atoms with Gasteiger partial charge in [-0.1, -0.05) is 23.7 Å². The number of ether oxygens (including phenoxy) is 1. The zero-order chi connectivity index (χ0) is 23.9. The van der Waals surface area contributed by atoms with Crippen LogP contribution in [-0.4, -0.2) is 36.1 Å². The molecule has 3 aromatic heterocycles. The lowest BCUT2D eigenvalue weighted by atomic mass is 10.2. The summed E-state index contributed by atoms with van der Waals surface area (Å²) in [5.41, 5.74) is 2.74. The van der Waals surface area contributed by atoms with Gasteiger partial charge in [-0.3, -0.25) is 15.1 Å². The normalized spacial score (nSPS) is 16.1. The van der Waals surface area contributed by atoms with Crippen LogP contribution in [-0.2, 0) is 4.74 Å². The first-order chi connectivity index (χ1) is 17.1. The summed E-state index contributed by atoms with van der Waals surface area (Å²) in [7, 11) is 0. The predicted octanol–water partition coefficient (Wildman–Crippen LogP) is 5.77. The highest BCUT2D eigenvalue weighted by atomic mass is 35.5. The molecule has 1 saturated heterocycles. The van der Waals surface area contributed by atoms with Crippen molar-refractivity contribution in [1.29, 1.82) is 0 Å². The molecule has 0 bridgehead atoms. The van der Waals surface area contributed by atoms with E-state index in [0.29, 0.717) is 22.2 Å². The topological polar surface area (TPSA) is 113 Å². The molecule has 4 heterocycles. The molecule has 0 saturated carbocycles. The van der Waals surface area contributed by atoms with Gasteiger partial charge in [0.15, 0.2) is 12.0 Å². The van der Waals surface area contributed by atoms with Gasteiger partial charge in [0.1, 0.15) is 6.20 Å². The number of hydrogen-bond donors (Lipinski definition) is 1. The Labute approximate surface area is 204 Å². The highest BCUT2D eigenvalue weighted by Gasteiger charge is 2.21. The summed E-state index contributed by atoms with van der Waals surface area (Å²) in [5, 5.41) is 26.0. The van der Waals surface area contributed by atoms with Crippen LogP contribution < -0.4 is 5.32 Å². The Morgan fingerprint density at radius 3 is 2.80 bits per heavy atom. The third kappa shape index (κ3) is 3.76. The number of para-hydroxylation sites is 1. The molecule has 176 valence electrons. The van der Waals surface area contributed by atoms with Crippen molar-refractivity contribution in [3.05, 3.63) is 76.2 Å². The van der Waals surface area contributed by atoms with E-state index in [-0.39, 0.29) is 11.9 Å². The van der Waals surface area contributed by atoms with E-state index in [9.17, 15) is 10.1 Å². The lowest BCUT2D eigenvalue weighted by molar-refractivity contribution is -0.385. The van der Waals surface area contributed by atoms with Crippen molar-refractivity contribution >= 4 is 50.6 Å². The van der Waals surface area contributed by atoms with E-state index in [4.69, 9.17) is 21.4 Å². The molecule has 0 radical (unpaired) electrons. The highest BCUT2D eigenvalue weighted by Crippen LogP contribution is 2.37. The van der Waals surface area contributed by atoms with Crippen molar-refractivity contribution < 1.29 is 9.66 Å². The Morgan fingerprint density at radius 2 is 1.97 bits per heavy atom. The number of pyridine rings is 1. The van der Waals surface area contributed by atoms with E-state index < -0.39 is 4.92 Å². The van der Waals surface area contributed by atoms with Gasteiger partial charge in [-0.05, 0) is 43.5 Å². The fourth-order valence-corrected chi connectivity index (χ4v) is 4.70. The van der Waals surface area contributed by atoms with Crippen molar-refractivity contribution in [2.24, 2.45) is 0 Å². The quantitative estimate of drug-likeness (QED) is 0.246. The van der Waals surface area contributed by atoms with Gasteiger partial charge in [0, 0.05) is 23.4 Å². The van der Waals surface area contributed by atoms with Crippen LogP contribution in [0.15, 0.2) is 61.1 Å². The third-order valence-corrected chi connectivity index (χ3v) is 6.56. The second kappa shape index (κ2) is 8.64. The van der Waals surface area contributed by atoms with E-state index in [1.165, 1.54) is 18.5 Å². The Bertz CT molecular complexity index is 1570. The van der Waals surface area contributed by atoms with E-state index in [1.807, 2.05) is 41.1 Å². The van der Waals surface area contributed by atoms with E-state index in [1.54, 1.807) is 10.9 Å². The lowest BCUT2D eigenvalue weighted by Gasteiger charge is -2.23. The maximum Gasteiger partial charge on any atom is 0.289 e. The number of nitro groups is 1. The third-order valence-electron chi connectivity index (χ3n) is 6.15. The Kier molecular flexibility index (Phi) is 5.31. The summed E-state index contributed by atoms with van der Waals surface area (Å²) in [6.07, 6.45) is 7.52. The molecule has 11 heteroatoms. The molecular formula is C24H20ClN7O3. The number of hydrogen-bond acceptors (Lipinski definition) is 7. The smallest absolute Gasteiger partial charge is 0.289 e. The molecule has 1 aliphatic heterocycles. The van der Waals surface area contributed by atoms with Crippen molar-refractivity contribution in [2.75, 3.05) is 11.9 Å².